The first-order valence-electron chi connectivity index (χ1n) is 15.0. The van der Waals surface area contributed by atoms with Gasteiger partial charge < -0.3 is 35.0 Å². The van der Waals surface area contributed by atoms with Crippen LogP contribution in [-0.2, 0) is 17.8 Å². The number of para-hydroxylation sites is 2. The maximum absolute atomic E-state index is 14.2. The Morgan fingerprint density at radius 3 is 2.24 bits per heavy atom. The maximum atomic E-state index is 14.2. The molecule has 0 spiro atoms. The standard InChI is InChI=1S/C35H37FN4O5.Na/c1-21(2)40-29(17-16-25(41)18-26(42)19-31(43)44)32(23-12-14-24(36)15-13-23)33(22-8-4-3-5-9-22)34(40)35(45)37-20-30-38-27-10-6-7-11-28(27)39-30;/h3-15,21,25-26,41-42H,16-20H2,1-2H3,(H,37,45)(H,38,39)(H,43,44);/q;+1/p-1/t25-,26-;/m1./s1. The van der Waals surface area contributed by atoms with E-state index in [0.29, 0.717) is 29.1 Å². The number of H-pyrrole nitrogens is 1. The molecular formula is C35H36FN4NaO5. The number of aromatic amines is 1. The molecule has 1 amide bonds. The second-order valence-electron chi connectivity index (χ2n) is 11.4. The fourth-order valence-corrected chi connectivity index (χ4v) is 5.84. The minimum atomic E-state index is -1.40. The summed E-state index contributed by atoms with van der Waals surface area (Å²) in [6, 6.07) is 23.0. The number of carboxylic acids is 1. The Kier molecular flexibility index (Phi) is 11.9. The Bertz CT molecular complexity index is 1750. The van der Waals surface area contributed by atoms with Crippen LogP contribution in [0, 0.1) is 5.82 Å². The van der Waals surface area contributed by atoms with Crippen LogP contribution in [0.3, 0.4) is 0 Å². The molecule has 5 aromatic rings. The van der Waals surface area contributed by atoms with Crippen molar-refractivity contribution in [1.82, 2.24) is 19.9 Å². The van der Waals surface area contributed by atoms with Crippen LogP contribution in [0.5, 0.6) is 0 Å². The van der Waals surface area contributed by atoms with E-state index < -0.39 is 30.4 Å². The van der Waals surface area contributed by atoms with E-state index in [2.05, 4.69) is 15.3 Å². The number of nitrogens with one attached hydrogen (secondary N) is 2. The predicted octanol–water partition coefficient (Wildman–Crippen LogP) is 1.54. The zero-order valence-electron chi connectivity index (χ0n) is 26.2. The molecule has 46 heavy (non-hydrogen) atoms. The van der Waals surface area contributed by atoms with Gasteiger partial charge in [0.2, 0.25) is 0 Å². The van der Waals surface area contributed by atoms with Gasteiger partial charge in [0.05, 0.1) is 29.8 Å². The number of nitrogens with zero attached hydrogens (tertiary/aromatic N) is 2. The number of aliphatic carboxylic acids is 1. The number of imidazole rings is 1. The van der Waals surface area contributed by atoms with Crippen molar-refractivity contribution in [3.8, 4) is 22.3 Å². The van der Waals surface area contributed by atoms with Crippen molar-refractivity contribution in [2.45, 2.75) is 64.3 Å². The second-order valence-corrected chi connectivity index (χ2v) is 11.4. The summed E-state index contributed by atoms with van der Waals surface area (Å²) in [5.41, 5.74) is 5.69. The van der Waals surface area contributed by atoms with Crippen LogP contribution < -0.4 is 40.0 Å². The number of amides is 1. The van der Waals surface area contributed by atoms with Crippen LogP contribution in [0.15, 0.2) is 78.9 Å². The fraction of sp³-hybridized carbons (Fsp3) is 0.286. The van der Waals surface area contributed by atoms with Crippen molar-refractivity contribution in [2.24, 2.45) is 0 Å². The third-order valence-electron chi connectivity index (χ3n) is 7.75. The Labute approximate surface area is 288 Å². The molecule has 0 aliphatic carbocycles. The molecule has 0 aliphatic rings. The molecule has 234 valence electrons. The number of aromatic nitrogens is 3. The molecule has 2 atom stereocenters. The molecule has 2 heterocycles. The molecule has 0 fully saturated rings. The zero-order valence-corrected chi connectivity index (χ0v) is 28.2. The number of carbonyl (C=O) groups excluding carboxylic acids is 2. The van der Waals surface area contributed by atoms with Crippen LogP contribution in [-0.4, -0.2) is 48.8 Å². The molecular weight excluding hydrogens is 598 g/mol. The average molecular weight is 635 g/mol. The van der Waals surface area contributed by atoms with E-state index in [1.165, 1.54) is 12.1 Å². The molecule has 5 rings (SSSR count). The van der Waals surface area contributed by atoms with E-state index in [9.17, 15) is 29.3 Å². The van der Waals surface area contributed by atoms with Gasteiger partial charge in [-0.25, -0.2) is 9.37 Å². The molecule has 0 unspecified atom stereocenters. The van der Waals surface area contributed by atoms with Crippen molar-refractivity contribution in [3.05, 3.63) is 102 Å². The Morgan fingerprint density at radius 2 is 1.59 bits per heavy atom. The Morgan fingerprint density at radius 1 is 0.935 bits per heavy atom. The van der Waals surface area contributed by atoms with Crippen molar-refractivity contribution < 1.29 is 58.9 Å². The second kappa shape index (κ2) is 15.7. The van der Waals surface area contributed by atoms with Crippen molar-refractivity contribution in [1.29, 1.82) is 0 Å². The van der Waals surface area contributed by atoms with Crippen LogP contribution in [0.25, 0.3) is 33.3 Å². The summed E-state index contributed by atoms with van der Waals surface area (Å²) in [6.45, 7) is 4.08. The first kappa shape index (κ1) is 35.1. The van der Waals surface area contributed by atoms with E-state index in [1.807, 2.05) is 73.0 Å². The molecule has 4 N–H and O–H groups in total. The number of fused-ring (bicyclic) bond motifs is 1. The summed E-state index contributed by atoms with van der Waals surface area (Å²) in [5, 5.41) is 34.8. The molecule has 9 nitrogen and oxygen atoms in total. The summed E-state index contributed by atoms with van der Waals surface area (Å²) in [5.74, 6) is -1.52. The van der Waals surface area contributed by atoms with Crippen LogP contribution >= 0.6 is 0 Å². The van der Waals surface area contributed by atoms with Crippen LogP contribution in [0.2, 0.25) is 0 Å². The van der Waals surface area contributed by atoms with Crippen molar-refractivity contribution >= 4 is 22.9 Å². The molecule has 0 radical (unpaired) electrons. The van der Waals surface area contributed by atoms with Gasteiger partial charge in [0, 0.05) is 35.3 Å². The minimum Gasteiger partial charge on any atom is -0.550 e. The van der Waals surface area contributed by atoms with Gasteiger partial charge in [-0.2, -0.15) is 0 Å². The summed E-state index contributed by atoms with van der Waals surface area (Å²) in [6.07, 6.45) is -2.50. The monoisotopic (exact) mass is 634 g/mol. The average Bonchev–Trinajstić information content (AvgIpc) is 3.58. The third kappa shape index (κ3) is 8.12. The number of halogens is 1. The number of aliphatic hydroxyl groups excluding tert-OH is 2. The van der Waals surface area contributed by atoms with E-state index in [-0.39, 0.29) is 60.9 Å². The molecule has 2 aromatic heterocycles. The maximum Gasteiger partial charge on any atom is 1.00 e. The number of aliphatic hydroxyl groups is 2. The van der Waals surface area contributed by atoms with Crippen LogP contribution in [0.4, 0.5) is 4.39 Å². The van der Waals surface area contributed by atoms with Gasteiger partial charge >= 0.3 is 29.6 Å². The first-order valence-corrected chi connectivity index (χ1v) is 15.0. The Balaban J connectivity index is 0.00000480. The van der Waals surface area contributed by atoms with Gasteiger partial charge in [-0.3, -0.25) is 4.79 Å². The molecule has 0 bridgehead atoms. The number of hydrogen-bond acceptors (Lipinski definition) is 6. The summed E-state index contributed by atoms with van der Waals surface area (Å²) in [4.78, 5) is 33.0. The van der Waals surface area contributed by atoms with Gasteiger partial charge in [-0.1, -0.05) is 54.6 Å². The summed E-state index contributed by atoms with van der Waals surface area (Å²) in [7, 11) is 0. The molecule has 3 aromatic carbocycles. The van der Waals surface area contributed by atoms with Gasteiger partial charge in [0.25, 0.3) is 5.91 Å². The van der Waals surface area contributed by atoms with E-state index in [4.69, 9.17) is 0 Å². The third-order valence-corrected chi connectivity index (χ3v) is 7.75. The SMILES string of the molecule is CC(C)n1c(CC[C@@H](O)C[C@@H](O)CC(=O)[O-])c(-c2ccc(F)cc2)c(-c2ccccc2)c1C(=O)NCc1nc2ccccc2[nH]1.[Na+]. The van der Waals surface area contributed by atoms with Crippen molar-refractivity contribution in [2.75, 3.05) is 0 Å². The van der Waals surface area contributed by atoms with Gasteiger partial charge in [0.1, 0.15) is 17.3 Å². The Hall–Kier alpha value is -3.80. The van der Waals surface area contributed by atoms with Crippen molar-refractivity contribution in [3.63, 3.8) is 0 Å². The first-order chi connectivity index (χ1) is 21.6. The number of carboxylic acid groups (broad SMARTS) is 1. The van der Waals surface area contributed by atoms with Gasteiger partial charge in [0.15, 0.2) is 0 Å². The topological polar surface area (TPSA) is 143 Å². The number of carbonyl (C=O) groups is 2. The van der Waals surface area contributed by atoms with Gasteiger partial charge in [-0.15, -0.1) is 0 Å². The van der Waals surface area contributed by atoms with Crippen LogP contribution in [0.1, 0.15) is 61.2 Å². The smallest absolute Gasteiger partial charge is 0.550 e. The zero-order chi connectivity index (χ0) is 32.1. The number of benzene rings is 3. The van der Waals surface area contributed by atoms with E-state index in [0.717, 1.165) is 27.9 Å². The molecule has 0 aliphatic heterocycles. The largest absolute Gasteiger partial charge is 1.00 e. The summed E-state index contributed by atoms with van der Waals surface area (Å²) < 4.78 is 16.0. The van der Waals surface area contributed by atoms with E-state index >= 15 is 0 Å². The minimum absolute atomic E-state index is 0. The predicted molar refractivity (Wildman–Crippen MR) is 167 cm³/mol. The number of rotatable bonds is 13. The summed E-state index contributed by atoms with van der Waals surface area (Å²) >= 11 is 0. The molecule has 11 heteroatoms. The molecule has 0 saturated carbocycles. The normalized spacial score (nSPS) is 12.6. The fourth-order valence-electron chi connectivity index (χ4n) is 5.84. The number of hydrogen-bond donors (Lipinski definition) is 4. The quantitative estimate of drug-likeness (QED) is 0.145. The molecule has 0 saturated heterocycles. The van der Waals surface area contributed by atoms with E-state index in [1.54, 1.807) is 12.1 Å². The van der Waals surface area contributed by atoms with Gasteiger partial charge in [-0.05, 0) is 68.5 Å².